The molecule has 0 unspecified atom stereocenters. The number of hydrogen-bond acceptors (Lipinski definition) is 1. The molecule has 1 N–H and O–H groups in total. The maximum absolute atomic E-state index is 13.6. The number of nitrogens with one attached hydrogen (secondary N) is 1. The third-order valence-electron chi connectivity index (χ3n) is 3.60. The molecule has 1 fully saturated rings. The molecular formula is C16H13F2NO. The molecule has 0 atom stereocenters. The lowest BCUT2D eigenvalue weighted by molar-refractivity contribution is 0.0926. The topological polar surface area (TPSA) is 29.1 Å². The average molecular weight is 273 g/mol. The second kappa shape index (κ2) is 4.71. The molecule has 2 nitrogen and oxygen atoms in total. The highest BCUT2D eigenvalue weighted by molar-refractivity contribution is 5.95. The van der Waals surface area contributed by atoms with Crippen molar-refractivity contribution < 1.29 is 13.6 Å². The van der Waals surface area contributed by atoms with E-state index in [9.17, 15) is 13.6 Å². The van der Waals surface area contributed by atoms with Crippen molar-refractivity contribution >= 4 is 5.91 Å². The normalized spacial score (nSPS) is 15.7. The molecule has 0 radical (unpaired) electrons. The molecule has 1 amide bonds. The lowest BCUT2D eigenvalue weighted by Gasteiger charge is -2.18. The Labute approximate surface area is 115 Å². The molecule has 0 spiro atoms. The minimum Gasteiger partial charge on any atom is -0.342 e. The minimum atomic E-state index is -0.556. The van der Waals surface area contributed by atoms with Crippen LogP contribution in [0, 0.1) is 11.6 Å². The zero-order valence-corrected chi connectivity index (χ0v) is 10.7. The van der Waals surface area contributed by atoms with Crippen LogP contribution in [0.15, 0.2) is 48.5 Å². The second-order valence-electron chi connectivity index (χ2n) is 5.03. The van der Waals surface area contributed by atoms with Crippen molar-refractivity contribution in [3.8, 4) is 0 Å². The van der Waals surface area contributed by atoms with E-state index in [0.29, 0.717) is 0 Å². The van der Waals surface area contributed by atoms with Crippen LogP contribution in [0.2, 0.25) is 0 Å². The first-order valence-corrected chi connectivity index (χ1v) is 6.44. The standard InChI is InChI=1S/C16H13F2NO/c17-12-5-3-4-11(10-12)16(8-9-16)19-15(20)13-6-1-2-7-14(13)18/h1-7,10H,8-9H2,(H,19,20). The van der Waals surface area contributed by atoms with Gasteiger partial charge in [-0.05, 0) is 42.7 Å². The van der Waals surface area contributed by atoms with E-state index in [1.165, 1.54) is 30.3 Å². The van der Waals surface area contributed by atoms with E-state index in [0.717, 1.165) is 18.4 Å². The summed E-state index contributed by atoms with van der Waals surface area (Å²) in [5, 5.41) is 2.82. The van der Waals surface area contributed by atoms with Crippen molar-refractivity contribution in [2.75, 3.05) is 0 Å². The van der Waals surface area contributed by atoms with Gasteiger partial charge in [-0.2, -0.15) is 0 Å². The summed E-state index contributed by atoms with van der Waals surface area (Å²) in [4.78, 5) is 12.1. The molecule has 1 aliphatic carbocycles. The molecular weight excluding hydrogens is 260 g/mol. The molecule has 0 saturated heterocycles. The molecule has 2 aromatic carbocycles. The molecule has 3 rings (SSSR count). The Hall–Kier alpha value is -2.23. The summed E-state index contributed by atoms with van der Waals surface area (Å²) >= 11 is 0. The maximum Gasteiger partial charge on any atom is 0.254 e. The molecule has 0 heterocycles. The lowest BCUT2D eigenvalue weighted by atomic mass is 10.0. The number of carbonyl (C=O) groups excluding carboxylic acids is 1. The molecule has 0 aliphatic heterocycles. The molecule has 0 bridgehead atoms. The highest BCUT2D eigenvalue weighted by Gasteiger charge is 2.46. The third kappa shape index (κ3) is 2.29. The monoisotopic (exact) mass is 273 g/mol. The number of amides is 1. The molecule has 2 aromatic rings. The predicted molar refractivity (Wildman–Crippen MR) is 71.2 cm³/mol. The minimum absolute atomic E-state index is 0.00942. The van der Waals surface area contributed by atoms with Gasteiger partial charge in [-0.15, -0.1) is 0 Å². The number of halogens is 2. The van der Waals surface area contributed by atoms with Gasteiger partial charge in [0.25, 0.3) is 5.91 Å². The van der Waals surface area contributed by atoms with Crippen LogP contribution in [0.5, 0.6) is 0 Å². The first-order chi connectivity index (χ1) is 9.61. The van der Waals surface area contributed by atoms with E-state index in [1.54, 1.807) is 18.2 Å². The van der Waals surface area contributed by atoms with Crippen LogP contribution >= 0.6 is 0 Å². The van der Waals surface area contributed by atoms with Gasteiger partial charge in [0.1, 0.15) is 11.6 Å². The fourth-order valence-electron chi connectivity index (χ4n) is 2.33. The van der Waals surface area contributed by atoms with Crippen LogP contribution in [0.1, 0.15) is 28.8 Å². The summed E-state index contributed by atoms with van der Waals surface area (Å²) in [5.41, 5.74) is 0.180. The van der Waals surface area contributed by atoms with E-state index in [1.807, 2.05) is 0 Å². The largest absolute Gasteiger partial charge is 0.342 e. The van der Waals surface area contributed by atoms with E-state index in [4.69, 9.17) is 0 Å². The Kier molecular flexibility index (Phi) is 3.01. The van der Waals surface area contributed by atoms with Gasteiger partial charge < -0.3 is 5.32 Å². The van der Waals surface area contributed by atoms with Gasteiger partial charge in [-0.1, -0.05) is 24.3 Å². The second-order valence-corrected chi connectivity index (χ2v) is 5.03. The highest BCUT2D eigenvalue weighted by atomic mass is 19.1. The van der Waals surface area contributed by atoms with Crippen molar-refractivity contribution in [2.45, 2.75) is 18.4 Å². The molecule has 1 saturated carbocycles. The van der Waals surface area contributed by atoms with Gasteiger partial charge in [0.2, 0.25) is 0 Å². The Morgan fingerprint density at radius 2 is 1.80 bits per heavy atom. The van der Waals surface area contributed by atoms with Gasteiger partial charge in [-0.3, -0.25) is 4.79 Å². The Morgan fingerprint density at radius 3 is 2.45 bits per heavy atom. The maximum atomic E-state index is 13.6. The smallest absolute Gasteiger partial charge is 0.254 e. The molecule has 0 aromatic heterocycles. The van der Waals surface area contributed by atoms with E-state index in [2.05, 4.69) is 5.32 Å². The Morgan fingerprint density at radius 1 is 1.05 bits per heavy atom. The summed E-state index contributed by atoms with van der Waals surface area (Å²) in [6.45, 7) is 0. The van der Waals surface area contributed by atoms with Crippen molar-refractivity contribution in [3.05, 3.63) is 71.3 Å². The van der Waals surface area contributed by atoms with Crippen LogP contribution < -0.4 is 5.32 Å². The predicted octanol–water partition coefficient (Wildman–Crippen LogP) is 3.38. The first kappa shape index (κ1) is 12.8. The van der Waals surface area contributed by atoms with Crippen molar-refractivity contribution in [2.24, 2.45) is 0 Å². The summed E-state index contributed by atoms with van der Waals surface area (Å²) in [5.74, 6) is -1.36. The number of carbonyl (C=O) groups is 1. The van der Waals surface area contributed by atoms with Crippen LogP contribution in [-0.4, -0.2) is 5.91 Å². The fourth-order valence-corrected chi connectivity index (χ4v) is 2.33. The van der Waals surface area contributed by atoms with E-state index < -0.39 is 17.3 Å². The Balaban J connectivity index is 1.84. The fraction of sp³-hybridized carbons (Fsp3) is 0.188. The zero-order valence-electron chi connectivity index (χ0n) is 10.7. The Bertz CT molecular complexity index is 665. The summed E-state index contributed by atoms with van der Waals surface area (Å²) in [6.07, 6.45) is 1.47. The zero-order chi connectivity index (χ0) is 14.2. The van der Waals surface area contributed by atoms with Crippen molar-refractivity contribution in [1.29, 1.82) is 0 Å². The lowest BCUT2D eigenvalue weighted by Crippen LogP contribution is -2.35. The highest BCUT2D eigenvalue weighted by Crippen LogP contribution is 2.45. The molecule has 102 valence electrons. The van der Waals surface area contributed by atoms with E-state index in [-0.39, 0.29) is 11.4 Å². The number of hydrogen-bond donors (Lipinski definition) is 1. The summed E-state index contributed by atoms with van der Waals surface area (Å²) < 4.78 is 26.9. The number of benzene rings is 2. The van der Waals surface area contributed by atoms with Gasteiger partial charge >= 0.3 is 0 Å². The van der Waals surface area contributed by atoms with Crippen LogP contribution in [-0.2, 0) is 5.54 Å². The van der Waals surface area contributed by atoms with Crippen LogP contribution in [0.4, 0.5) is 8.78 Å². The van der Waals surface area contributed by atoms with Gasteiger partial charge in [0.05, 0.1) is 11.1 Å². The number of rotatable bonds is 3. The van der Waals surface area contributed by atoms with Gasteiger partial charge in [0, 0.05) is 0 Å². The average Bonchev–Trinajstić information content (AvgIpc) is 3.20. The van der Waals surface area contributed by atoms with E-state index >= 15 is 0 Å². The molecule has 4 heteroatoms. The van der Waals surface area contributed by atoms with Crippen molar-refractivity contribution in [3.63, 3.8) is 0 Å². The third-order valence-corrected chi connectivity index (χ3v) is 3.60. The van der Waals surface area contributed by atoms with Crippen LogP contribution in [0.25, 0.3) is 0 Å². The first-order valence-electron chi connectivity index (χ1n) is 6.44. The van der Waals surface area contributed by atoms with Gasteiger partial charge in [0.15, 0.2) is 0 Å². The quantitative estimate of drug-likeness (QED) is 0.912. The SMILES string of the molecule is O=C(NC1(c2cccc(F)c2)CC1)c1ccccc1F. The molecule has 20 heavy (non-hydrogen) atoms. The summed E-state index contributed by atoms with van der Waals surface area (Å²) in [6, 6.07) is 12.0. The van der Waals surface area contributed by atoms with Crippen LogP contribution in [0.3, 0.4) is 0 Å². The summed E-state index contributed by atoms with van der Waals surface area (Å²) in [7, 11) is 0. The van der Waals surface area contributed by atoms with Crippen molar-refractivity contribution in [1.82, 2.24) is 5.32 Å². The van der Waals surface area contributed by atoms with Gasteiger partial charge in [-0.25, -0.2) is 8.78 Å². The molecule has 1 aliphatic rings.